The molecule has 0 amide bonds. The third kappa shape index (κ3) is 5.54. The normalized spacial score (nSPS) is 12.2. The van der Waals surface area contributed by atoms with Gasteiger partial charge in [-0.1, -0.05) is 13.3 Å². The Morgan fingerprint density at radius 1 is 1.33 bits per heavy atom. The van der Waals surface area contributed by atoms with E-state index in [1.54, 1.807) is 12.4 Å². The molecule has 1 atom stereocenters. The predicted octanol–water partition coefficient (Wildman–Crippen LogP) is 3.33. The molecule has 0 aliphatic carbocycles. The summed E-state index contributed by atoms with van der Waals surface area (Å²) < 4.78 is 5.31. The number of rotatable bonds is 9. The van der Waals surface area contributed by atoms with Gasteiger partial charge >= 0.3 is 0 Å². The van der Waals surface area contributed by atoms with Crippen LogP contribution < -0.4 is 10.1 Å². The van der Waals surface area contributed by atoms with Crippen molar-refractivity contribution in [2.45, 2.75) is 33.1 Å². The monoisotopic (exact) mass is 271 g/mol. The highest BCUT2D eigenvalue weighted by molar-refractivity contribution is 6.17. The van der Waals surface area contributed by atoms with Gasteiger partial charge in [0, 0.05) is 12.4 Å². The second-order valence-corrected chi connectivity index (χ2v) is 4.57. The first kappa shape index (κ1) is 15.0. The zero-order valence-corrected chi connectivity index (χ0v) is 11.9. The van der Waals surface area contributed by atoms with Gasteiger partial charge in [-0.3, -0.25) is 4.98 Å². The molecule has 0 saturated carbocycles. The minimum atomic E-state index is 0.562. The fourth-order valence-corrected chi connectivity index (χ4v) is 2.12. The number of hydrogen-bond donors (Lipinski definition) is 1. The van der Waals surface area contributed by atoms with Crippen molar-refractivity contribution < 1.29 is 4.74 Å². The molecule has 0 aliphatic heterocycles. The van der Waals surface area contributed by atoms with Crippen molar-refractivity contribution in [3.8, 4) is 5.88 Å². The summed E-state index contributed by atoms with van der Waals surface area (Å²) >= 11 is 5.80. The molecule has 1 unspecified atom stereocenters. The second kappa shape index (κ2) is 8.97. The van der Waals surface area contributed by atoms with Crippen molar-refractivity contribution in [3.05, 3.63) is 12.4 Å². The first-order chi connectivity index (χ1) is 8.80. The first-order valence-corrected chi connectivity index (χ1v) is 7.08. The second-order valence-electron chi connectivity index (χ2n) is 4.19. The zero-order valence-electron chi connectivity index (χ0n) is 11.2. The number of ether oxygens (including phenoxy) is 1. The Kier molecular flexibility index (Phi) is 7.49. The number of anilines is 1. The Labute approximate surface area is 114 Å². The number of alkyl halides is 1. The Morgan fingerprint density at radius 2 is 2.17 bits per heavy atom. The highest BCUT2D eigenvalue weighted by atomic mass is 35.5. The van der Waals surface area contributed by atoms with Gasteiger partial charge in [-0.15, -0.1) is 11.6 Å². The minimum absolute atomic E-state index is 0.562. The highest BCUT2D eigenvalue weighted by Crippen LogP contribution is 2.14. The van der Waals surface area contributed by atoms with Crippen LogP contribution in [0.1, 0.15) is 33.1 Å². The summed E-state index contributed by atoms with van der Waals surface area (Å²) in [4.78, 5) is 8.42. The van der Waals surface area contributed by atoms with E-state index in [9.17, 15) is 0 Å². The van der Waals surface area contributed by atoms with E-state index in [1.165, 1.54) is 12.8 Å². The molecule has 5 heteroatoms. The minimum Gasteiger partial charge on any atom is -0.477 e. The van der Waals surface area contributed by atoms with Gasteiger partial charge in [0.05, 0.1) is 19.0 Å². The van der Waals surface area contributed by atoms with Crippen LogP contribution in [0, 0.1) is 5.92 Å². The largest absolute Gasteiger partial charge is 0.477 e. The molecule has 18 heavy (non-hydrogen) atoms. The maximum atomic E-state index is 5.80. The molecule has 0 radical (unpaired) electrons. The molecule has 0 fully saturated rings. The van der Waals surface area contributed by atoms with Gasteiger partial charge in [0.2, 0.25) is 5.88 Å². The van der Waals surface area contributed by atoms with Crippen LogP contribution in [0.2, 0.25) is 0 Å². The van der Waals surface area contributed by atoms with Crippen LogP contribution in [-0.2, 0) is 0 Å². The zero-order chi connectivity index (χ0) is 13.2. The first-order valence-electron chi connectivity index (χ1n) is 6.54. The SMILES string of the molecule is CCCC(CCCl)CNc1cncc(OCC)n1. The smallest absolute Gasteiger partial charge is 0.234 e. The van der Waals surface area contributed by atoms with E-state index in [1.807, 2.05) is 6.92 Å². The number of nitrogens with one attached hydrogen (secondary N) is 1. The van der Waals surface area contributed by atoms with Crippen LogP contribution >= 0.6 is 11.6 Å². The standard InChI is InChI=1S/C13H22ClN3O/c1-3-5-11(6-7-14)8-16-12-9-15-10-13(17-12)18-4-2/h9-11H,3-8H2,1-2H3,(H,16,17). The lowest BCUT2D eigenvalue weighted by Crippen LogP contribution is -2.16. The van der Waals surface area contributed by atoms with E-state index < -0.39 is 0 Å². The van der Waals surface area contributed by atoms with Crippen LogP contribution in [0.4, 0.5) is 5.82 Å². The average molecular weight is 272 g/mol. The molecular weight excluding hydrogens is 250 g/mol. The Bertz CT molecular complexity index is 330. The lowest BCUT2D eigenvalue weighted by molar-refractivity contribution is 0.325. The molecule has 1 aromatic rings. The van der Waals surface area contributed by atoms with Crippen LogP contribution in [-0.4, -0.2) is 29.0 Å². The van der Waals surface area contributed by atoms with Crippen LogP contribution in [0.5, 0.6) is 5.88 Å². The molecule has 0 spiro atoms. The maximum Gasteiger partial charge on any atom is 0.234 e. The van der Waals surface area contributed by atoms with E-state index in [0.717, 1.165) is 18.8 Å². The summed E-state index contributed by atoms with van der Waals surface area (Å²) in [6.45, 7) is 5.60. The third-order valence-corrected chi connectivity index (χ3v) is 2.91. The molecule has 1 N–H and O–H groups in total. The molecule has 4 nitrogen and oxygen atoms in total. The third-order valence-electron chi connectivity index (χ3n) is 2.69. The van der Waals surface area contributed by atoms with E-state index >= 15 is 0 Å². The van der Waals surface area contributed by atoms with Crippen LogP contribution in [0.15, 0.2) is 12.4 Å². The molecule has 0 bridgehead atoms. The Morgan fingerprint density at radius 3 is 2.83 bits per heavy atom. The maximum absolute atomic E-state index is 5.80. The number of nitrogens with zero attached hydrogens (tertiary/aromatic N) is 2. The number of aromatic nitrogens is 2. The molecule has 0 aromatic carbocycles. The van der Waals surface area contributed by atoms with E-state index in [0.29, 0.717) is 24.3 Å². The lowest BCUT2D eigenvalue weighted by atomic mass is 10.0. The Balaban J connectivity index is 2.47. The molecular formula is C13H22ClN3O. The van der Waals surface area contributed by atoms with Crippen molar-refractivity contribution in [1.29, 1.82) is 0 Å². The van der Waals surface area contributed by atoms with Crippen molar-refractivity contribution in [1.82, 2.24) is 9.97 Å². The summed E-state index contributed by atoms with van der Waals surface area (Å²) in [5, 5.41) is 3.30. The van der Waals surface area contributed by atoms with Gasteiger partial charge < -0.3 is 10.1 Å². The highest BCUT2D eigenvalue weighted by Gasteiger charge is 2.07. The van der Waals surface area contributed by atoms with Crippen LogP contribution in [0.25, 0.3) is 0 Å². The molecule has 0 saturated heterocycles. The summed E-state index contributed by atoms with van der Waals surface area (Å²) in [6.07, 6.45) is 6.72. The van der Waals surface area contributed by atoms with Gasteiger partial charge in [0.15, 0.2) is 0 Å². The number of hydrogen-bond acceptors (Lipinski definition) is 4. The summed E-state index contributed by atoms with van der Waals surface area (Å²) in [7, 11) is 0. The summed E-state index contributed by atoms with van der Waals surface area (Å²) in [5.41, 5.74) is 0. The summed E-state index contributed by atoms with van der Waals surface area (Å²) in [5.74, 6) is 2.62. The lowest BCUT2D eigenvalue weighted by Gasteiger charge is -2.16. The van der Waals surface area contributed by atoms with E-state index in [2.05, 4.69) is 22.2 Å². The van der Waals surface area contributed by atoms with E-state index in [4.69, 9.17) is 16.3 Å². The van der Waals surface area contributed by atoms with Gasteiger partial charge in [0.1, 0.15) is 5.82 Å². The van der Waals surface area contributed by atoms with Gasteiger partial charge in [-0.2, -0.15) is 4.98 Å². The Hall–Kier alpha value is -1.03. The number of halogens is 1. The molecule has 1 rings (SSSR count). The van der Waals surface area contributed by atoms with Gasteiger partial charge in [0.25, 0.3) is 0 Å². The van der Waals surface area contributed by atoms with E-state index in [-0.39, 0.29) is 0 Å². The summed E-state index contributed by atoms with van der Waals surface area (Å²) in [6, 6.07) is 0. The topological polar surface area (TPSA) is 47.0 Å². The van der Waals surface area contributed by atoms with Crippen molar-refractivity contribution in [2.24, 2.45) is 5.92 Å². The molecule has 0 aliphatic rings. The fraction of sp³-hybridized carbons (Fsp3) is 0.692. The van der Waals surface area contributed by atoms with Crippen LogP contribution in [0.3, 0.4) is 0 Å². The predicted molar refractivity (Wildman–Crippen MR) is 75.4 cm³/mol. The van der Waals surface area contributed by atoms with Crippen molar-refractivity contribution in [2.75, 3.05) is 24.3 Å². The van der Waals surface area contributed by atoms with Crippen molar-refractivity contribution >= 4 is 17.4 Å². The molecule has 1 aromatic heterocycles. The van der Waals surface area contributed by atoms with Crippen molar-refractivity contribution in [3.63, 3.8) is 0 Å². The average Bonchev–Trinajstić information content (AvgIpc) is 2.37. The molecule has 102 valence electrons. The van der Waals surface area contributed by atoms with Gasteiger partial charge in [-0.25, -0.2) is 0 Å². The molecule has 1 heterocycles. The quantitative estimate of drug-likeness (QED) is 0.700. The van der Waals surface area contributed by atoms with Gasteiger partial charge in [-0.05, 0) is 25.7 Å². The fourth-order valence-electron chi connectivity index (χ4n) is 1.81.